The van der Waals surface area contributed by atoms with Crippen molar-refractivity contribution in [2.24, 2.45) is 51.8 Å². The summed E-state index contributed by atoms with van der Waals surface area (Å²) in [5, 5.41) is 42.0. The SMILES string of the molecule is CC1(C)O[C@H]2CC(=O)OC[C@@]23[C@@H]1C(=O)[C@@H](O)[C@]12[C@@H]3CC[C@]3(C)[C@@]14O[C@@H]4C(=O)O[C@]3(c1ccoc1C[C@H](CCCC[C@@H]1CNCN1)[C@H](O)CO)CC#C[C@@H]1CC[C@H](Cc3ccccc3)C[C@@H]12. The van der Waals surface area contributed by atoms with Crippen molar-refractivity contribution >= 4 is 17.7 Å². The Morgan fingerprint density at radius 1 is 1.02 bits per heavy atom. The molecular weight excluding hydrogens is 829 g/mol. The first-order chi connectivity index (χ1) is 31.3. The maximum atomic E-state index is 15.8. The second-order valence-electron chi connectivity index (χ2n) is 22.1. The molecule has 13 nitrogen and oxygen atoms in total. The first-order valence-electron chi connectivity index (χ1n) is 24.6. The molecule has 3 saturated carbocycles. The third kappa shape index (κ3) is 6.06. The van der Waals surface area contributed by atoms with Crippen LogP contribution in [0, 0.1) is 63.6 Å². The normalized spacial score (nSPS) is 43.9. The maximum absolute atomic E-state index is 15.8. The van der Waals surface area contributed by atoms with Crippen LogP contribution in [0.2, 0.25) is 0 Å². The predicted molar refractivity (Wildman–Crippen MR) is 234 cm³/mol. The van der Waals surface area contributed by atoms with Crippen molar-refractivity contribution in [2.75, 3.05) is 26.4 Å². The molecule has 5 N–H and O–H groups in total. The fraction of sp³-hybridized carbons (Fsp3) is 0.712. The molecule has 13 heteroatoms. The van der Waals surface area contributed by atoms with E-state index < -0.39 is 81.9 Å². The van der Waals surface area contributed by atoms with Gasteiger partial charge in [-0.05, 0) is 101 Å². The summed E-state index contributed by atoms with van der Waals surface area (Å²) in [5.74, 6) is 4.67. The average Bonchev–Trinajstić information content (AvgIpc) is 3.52. The van der Waals surface area contributed by atoms with Crippen molar-refractivity contribution in [1.29, 1.82) is 0 Å². The number of epoxide rings is 1. The molecule has 2 aromatic rings. The predicted octanol–water partition coefficient (Wildman–Crippen LogP) is 4.52. The molecule has 0 amide bonds. The summed E-state index contributed by atoms with van der Waals surface area (Å²) in [6.07, 6.45) is 5.41. The van der Waals surface area contributed by atoms with Gasteiger partial charge in [-0.2, -0.15) is 0 Å². The van der Waals surface area contributed by atoms with Crippen LogP contribution in [0.15, 0.2) is 47.1 Å². The number of cyclic esters (lactones) is 1. The Kier molecular flexibility index (Phi) is 10.6. The van der Waals surface area contributed by atoms with E-state index in [9.17, 15) is 20.1 Å². The zero-order valence-corrected chi connectivity index (χ0v) is 38.0. The average molecular weight is 895 g/mol. The van der Waals surface area contributed by atoms with Gasteiger partial charge in [0.1, 0.15) is 24.1 Å². The van der Waals surface area contributed by atoms with Crippen molar-refractivity contribution in [3.8, 4) is 11.8 Å². The number of aliphatic hydroxyl groups is 3. The van der Waals surface area contributed by atoms with Crippen molar-refractivity contribution in [3.63, 3.8) is 0 Å². The minimum absolute atomic E-state index is 0.00509. The standard InChI is InChI=1S/C52H66N2O11/c1-47(2)43-42(58)44(59)51-36-23-31(22-30-10-5-4-6-11-30)15-16-32(36)13-9-19-50(35-18-21-61-38(35)24-33(37(56)27-55)12-7-8-14-34-26-53-29-54-34)48(3,52(51)45(64-52)46(60)65-50)20-17-39(51)49(43)28-62-41(57)25-40(49)63-47/h4-6,10-11,18,21,31-34,36-37,39-40,43-45,53-56,59H,7-8,12,14-17,19-20,22-29H2,1-3H3/t31-,32-,33+,34-,36+,37-,39-,40+,43-,44-,45-,48+,49+,50+,51+,52-/m1/s1. The zero-order valence-electron chi connectivity index (χ0n) is 38.0. The van der Waals surface area contributed by atoms with Gasteiger partial charge in [-0.25, -0.2) is 4.79 Å². The van der Waals surface area contributed by atoms with E-state index in [1.54, 1.807) is 6.26 Å². The first-order valence-corrected chi connectivity index (χ1v) is 24.6. The van der Waals surface area contributed by atoms with Gasteiger partial charge in [0.15, 0.2) is 17.5 Å². The molecule has 11 rings (SSSR count). The van der Waals surface area contributed by atoms with Crippen LogP contribution in [-0.4, -0.2) is 101 Å². The molecule has 350 valence electrons. The number of furan rings is 1. The van der Waals surface area contributed by atoms with E-state index in [1.165, 1.54) is 5.56 Å². The van der Waals surface area contributed by atoms with Crippen LogP contribution in [-0.2, 0) is 51.8 Å². The lowest BCUT2D eigenvalue weighted by Crippen LogP contribution is -2.81. The van der Waals surface area contributed by atoms with Crippen LogP contribution >= 0.6 is 0 Å². The van der Waals surface area contributed by atoms with Crippen molar-refractivity contribution in [3.05, 3.63) is 59.5 Å². The molecule has 8 fully saturated rings. The number of carbonyl (C=O) groups excluding carboxylic acids is 3. The Labute approximate surface area is 381 Å². The molecule has 65 heavy (non-hydrogen) atoms. The molecule has 1 aromatic heterocycles. The lowest BCUT2D eigenvalue weighted by molar-refractivity contribution is -0.295. The number of rotatable bonds is 12. The number of hydrogen-bond acceptors (Lipinski definition) is 13. The van der Waals surface area contributed by atoms with Crippen LogP contribution in [0.4, 0.5) is 0 Å². The molecule has 0 radical (unpaired) electrons. The van der Waals surface area contributed by atoms with E-state index in [0.717, 1.165) is 51.7 Å². The Morgan fingerprint density at radius 3 is 2.63 bits per heavy atom. The summed E-state index contributed by atoms with van der Waals surface area (Å²) in [6.45, 7) is 7.23. The molecule has 9 aliphatic rings. The van der Waals surface area contributed by atoms with Gasteiger partial charge in [-0.3, -0.25) is 9.59 Å². The van der Waals surface area contributed by atoms with E-state index in [-0.39, 0.29) is 54.9 Å². The number of benzene rings is 1. The van der Waals surface area contributed by atoms with E-state index in [2.05, 4.69) is 53.7 Å². The highest BCUT2D eigenvalue weighted by atomic mass is 16.7. The highest BCUT2D eigenvalue weighted by molar-refractivity contribution is 5.92. The molecule has 5 aliphatic heterocycles. The number of unbranched alkanes of at least 4 members (excludes halogenated alkanes) is 1. The molecule has 4 aliphatic carbocycles. The number of fused-ring (bicyclic) bond motifs is 1. The third-order valence-electron chi connectivity index (χ3n) is 18.9. The molecular formula is C52H66N2O11. The Hall–Kier alpha value is -3.61. The van der Waals surface area contributed by atoms with E-state index in [0.29, 0.717) is 49.5 Å². The lowest BCUT2D eigenvalue weighted by Gasteiger charge is -2.71. The van der Waals surface area contributed by atoms with Gasteiger partial charge in [0.25, 0.3) is 0 Å². The Morgan fingerprint density at radius 2 is 1.85 bits per heavy atom. The number of nitrogens with one attached hydrogen (secondary N) is 2. The number of ketones is 1. The summed E-state index contributed by atoms with van der Waals surface area (Å²) in [6, 6.07) is 12.7. The van der Waals surface area contributed by atoms with Crippen LogP contribution < -0.4 is 10.6 Å². The second-order valence-corrected chi connectivity index (χ2v) is 22.1. The first kappa shape index (κ1) is 43.9. The minimum atomic E-state index is -1.54. The van der Waals surface area contributed by atoms with Gasteiger partial charge < -0.3 is 49.3 Å². The molecule has 16 atom stereocenters. The molecule has 5 saturated heterocycles. The Balaban J connectivity index is 1.06. The number of carbonyl (C=O) groups is 3. The van der Waals surface area contributed by atoms with E-state index in [4.69, 9.17) is 23.4 Å². The summed E-state index contributed by atoms with van der Waals surface area (Å²) in [4.78, 5) is 44.1. The fourth-order valence-corrected chi connectivity index (χ4v) is 16.4. The van der Waals surface area contributed by atoms with E-state index in [1.807, 2.05) is 26.0 Å². The Bertz CT molecular complexity index is 2260. The zero-order chi connectivity index (χ0) is 45.1. The maximum Gasteiger partial charge on any atom is 0.339 e. The van der Waals surface area contributed by atoms with Gasteiger partial charge >= 0.3 is 11.9 Å². The molecule has 0 unspecified atom stereocenters. The molecule has 4 bridgehead atoms. The topological polar surface area (TPSA) is 189 Å². The summed E-state index contributed by atoms with van der Waals surface area (Å²) in [7, 11) is 0. The molecule has 3 spiro atoms. The largest absolute Gasteiger partial charge is 0.469 e. The number of hydrogen-bond donors (Lipinski definition) is 5. The van der Waals surface area contributed by atoms with Gasteiger partial charge in [-0.15, -0.1) is 0 Å². The fourth-order valence-electron chi connectivity index (χ4n) is 16.4. The molecule has 1 aromatic carbocycles. The van der Waals surface area contributed by atoms with Crippen molar-refractivity contribution in [1.82, 2.24) is 10.6 Å². The second kappa shape index (κ2) is 15.7. The minimum Gasteiger partial charge on any atom is -0.469 e. The van der Waals surface area contributed by atoms with E-state index >= 15 is 9.59 Å². The smallest absolute Gasteiger partial charge is 0.339 e. The van der Waals surface area contributed by atoms with Gasteiger partial charge in [0.05, 0.1) is 49.4 Å². The van der Waals surface area contributed by atoms with Crippen LogP contribution in [0.1, 0.15) is 108 Å². The number of Topliss-reactive ketones (excluding diaryl/α,β-unsaturated/α-hetero) is 1. The third-order valence-corrected chi connectivity index (χ3v) is 18.9. The van der Waals surface area contributed by atoms with Crippen LogP contribution in [0.5, 0.6) is 0 Å². The lowest BCUT2D eigenvalue weighted by atomic mass is 9.31. The molecule has 6 heterocycles. The quantitative estimate of drug-likeness (QED) is 0.0868. The highest BCUT2D eigenvalue weighted by Gasteiger charge is 2.95. The highest BCUT2D eigenvalue weighted by Crippen LogP contribution is 2.84. The number of aliphatic hydroxyl groups excluding tert-OH is 3. The number of esters is 2. The summed E-state index contributed by atoms with van der Waals surface area (Å²) < 4.78 is 33.4. The van der Waals surface area contributed by atoms with Crippen LogP contribution in [0.25, 0.3) is 0 Å². The van der Waals surface area contributed by atoms with Gasteiger partial charge in [-0.1, -0.05) is 61.9 Å². The van der Waals surface area contributed by atoms with Gasteiger partial charge in [0, 0.05) is 53.4 Å². The van der Waals surface area contributed by atoms with Gasteiger partial charge in [0.2, 0.25) is 0 Å². The number of ether oxygens (including phenoxy) is 4. The monoisotopic (exact) mass is 894 g/mol. The summed E-state index contributed by atoms with van der Waals surface area (Å²) >= 11 is 0. The van der Waals surface area contributed by atoms with Crippen LogP contribution in [0.3, 0.4) is 0 Å². The van der Waals surface area contributed by atoms with Crippen molar-refractivity contribution < 1.29 is 53.1 Å². The van der Waals surface area contributed by atoms with Crippen molar-refractivity contribution in [2.45, 2.75) is 152 Å². The summed E-state index contributed by atoms with van der Waals surface area (Å²) in [5.41, 5.74) is -5.33.